The largest absolute Gasteiger partial charge is 0.494 e. The van der Waals surface area contributed by atoms with Gasteiger partial charge in [-0.2, -0.15) is 4.31 Å². The van der Waals surface area contributed by atoms with Crippen molar-refractivity contribution in [3.8, 4) is 5.75 Å². The molecule has 2 aromatic carbocycles. The molecule has 4 aromatic rings. The number of pyridine rings is 2. The lowest BCUT2D eigenvalue weighted by atomic mass is 10.1. The van der Waals surface area contributed by atoms with E-state index in [1.165, 1.54) is 0 Å². The Bertz CT molecular complexity index is 1570. The Morgan fingerprint density at radius 3 is 2.41 bits per heavy atom. The summed E-state index contributed by atoms with van der Waals surface area (Å²) in [7, 11) is -1.90. The van der Waals surface area contributed by atoms with Crippen molar-refractivity contribution in [2.75, 3.05) is 19.7 Å². The molecule has 2 aromatic heterocycles. The van der Waals surface area contributed by atoms with Gasteiger partial charge in [0.25, 0.3) is 5.56 Å². The lowest BCUT2D eigenvalue weighted by Crippen LogP contribution is -2.35. The first-order valence-electron chi connectivity index (χ1n) is 13.4. The molecule has 0 aliphatic heterocycles. The summed E-state index contributed by atoms with van der Waals surface area (Å²) in [6.45, 7) is 7.11. The predicted molar refractivity (Wildman–Crippen MR) is 156 cm³/mol. The summed E-state index contributed by atoms with van der Waals surface area (Å²) in [6, 6.07) is 16.8. The van der Waals surface area contributed by atoms with Crippen LogP contribution in [-0.4, -0.2) is 42.0 Å². The number of hydrogen-bond acceptors (Lipinski definition) is 5. The topological polar surface area (TPSA) is 81.5 Å². The minimum atomic E-state index is -3.66. The number of unbranched alkanes of at least 4 members (excludes halogenated alkanes) is 2. The quantitative estimate of drug-likeness (QED) is 0.224. The van der Waals surface area contributed by atoms with Gasteiger partial charge in [0, 0.05) is 44.0 Å². The minimum Gasteiger partial charge on any atom is -0.494 e. The highest BCUT2D eigenvalue weighted by Gasteiger charge is 2.27. The third-order valence-corrected chi connectivity index (χ3v) is 9.20. The molecule has 0 radical (unpaired) electrons. The van der Waals surface area contributed by atoms with Gasteiger partial charge in [-0.1, -0.05) is 23.8 Å². The van der Waals surface area contributed by atoms with E-state index in [2.05, 4.69) is 4.98 Å². The van der Waals surface area contributed by atoms with Crippen LogP contribution in [0.4, 0.5) is 0 Å². The van der Waals surface area contributed by atoms with Crippen molar-refractivity contribution < 1.29 is 13.2 Å². The van der Waals surface area contributed by atoms with Crippen molar-refractivity contribution >= 4 is 20.9 Å². The molecule has 0 aliphatic carbocycles. The third-order valence-electron chi connectivity index (χ3n) is 6.99. The molecule has 4 rings (SSSR count). The first kappa shape index (κ1) is 28.5. The molecule has 0 atom stereocenters. The molecule has 7 nitrogen and oxygen atoms in total. The monoisotopic (exact) mass is 547 g/mol. The molecule has 0 unspecified atom stereocenters. The smallest absolute Gasteiger partial charge is 0.250 e. The molecule has 0 saturated heterocycles. The summed E-state index contributed by atoms with van der Waals surface area (Å²) >= 11 is 0. The van der Waals surface area contributed by atoms with Crippen LogP contribution in [0.3, 0.4) is 0 Å². The molecule has 0 saturated carbocycles. The van der Waals surface area contributed by atoms with Crippen LogP contribution < -0.4 is 10.3 Å². The summed E-state index contributed by atoms with van der Waals surface area (Å²) in [4.78, 5) is 16.4. The van der Waals surface area contributed by atoms with E-state index in [0.29, 0.717) is 31.0 Å². The van der Waals surface area contributed by atoms with E-state index in [9.17, 15) is 13.2 Å². The van der Waals surface area contributed by atoms with E-state index in [1.807, 2.05) is 69.3 Å². The fourth-order valence-electron chi connectivity index (χ4n) is 5.06. The number of ether oxygens (including phenoxy) is 1. The van der Waals surface area contributed by atoms with Crippen LogP contribution in [0.15, 0.2) is 76.7 Å². The van der Waals surface area contributed by atoms with Gasteiger partial charge in [0.05, 0.1) is 17.0 Å². The highest BCUT2D eigenvalue weighted by molar-refractivity contribution is 7.89. The zero-order valence-corrected chi connectivity index (χ0v) is 24.0. The Morgan fingerprint density at radius 1 is 0.923 bits per heavy atom. The van der Waals surface area contributed by atoms with Crippen LogP contribution in [0, 0.1) is 20.8 Å². The fourth-order valence-corrected chi connectivity index (χ4v) is 6.96. The molecule has 2 heterocycles. The van der Waals surface area contributed by atoms with Gasteiger partial charge in [-0.3, -0.25) is 9.78 Å². The van der Waals surface area contributed by atoms with Crippen LogP contribution in [0.1, 0.15) is 41.5 Å². The number of hydrogen-bond donors (Lipinski definition) is 0. The Hall–Kier alpha value is -3.49. The Labute approximate surface area is 231 Å². The predicted octanol–water partition coefficient (Wildman–Crippen LogP) is 5.34. The van der Waals surface area contributed by atoms with Crippen LogP contribution in [0.2, 0.25) is 0 Å². The van der Waals surface area contributed by atoms with E-state index in [1.54, 1.807) is 34.4 Å². The second kappa shape index (κ2) is 12.6. The van der Waals surface area contributed by atoms with Crippen molar-refractivity contribution in [3.05, 3.63) is 99.6 Å². The van der Waals surface area contributed by atoms with Crippen LogP contribution >= 0.6 is 0 Å². The van der Waals surface area contributed by atoms with Crippen molar-refractivity contribution in [2.24, 2.45) is 7.05 Å². The maximum absolute atomic E-state index is 13.8. The van der Waals surface area contributed by atoms with Crippen LogP contribution in [0.25, 0.3) is 10.9 Å². The number of benzene rings is 2. The van der Waals surface area contributed by atoms with Gasteiger partial charge < -0.3 is 9.30 Å². The zero-order valence-electron chi connectivity index (χ0n) is 23.2. The maximum atomic E-state index is 13.8. The summed E-state index contributed by atoms with van der Waals surface area (Å²) in [5.41, 5.74) is 4.45. The van der Waals surface area contributed by atoms with Crippen molar-refractivity contribution in [2.45, 2.75) is 51.3 Å². The van der Waals surface area contributed by atoms with Gasteiger partial charge in [0.15, 0.2) is 0 Å². The van der Waals surface area contributed by atoms with Crippen molar-refractivity contribution in [3.63, 3.8) is 0 Å². The van der Waals surface area contributed by atoms with Gasteiger partial charge in [0.2, 0.25) is 10.0 Å². The van der Waals surface area contributed by atoms with E-state index < -0.39 is 10.0 Å². The average molecular weight is 548 g/mol. The second-order valence-corrected chi connectivity index (χ2v) is 12.0. The Kier molecular flexibility index (Phi) is 9.20. The molecule has 8 heteroatoms. The second-order valence-electron chi connectivity index (χ2n) is 10.1. The number of aromatic nitrogens is 2. The molecule has 0 fully saturated rings. The highest BCUT2D eigenvalue weighted by Crippen LogP contribution is 2.26. The first-order valence-corrected chi connectivity index (χ1v) is 14.8. The SMILES string of the molecule is Cc1cc(C)c(S(=O)(=O)N(CCCCCOc2ccc3c(ccc(=O)n3C)c2)CCc2cccnc2)c(C)c1. The molecule has 39 heavy (non-hydrogen) atoms. The van der Waals surface area contributed by atoms with Crippen molar-refractivity contribution in [1.82, 2.24) is 13.9 Å². The first-order chi connectivity index (χ1) is 18.7. The van der Waals surface area contributed by atoms with Crippen molar-refractivity contribution in [1.29, 1.82) is 0 Å². The summed E-state index contributed by atoms with van der Waals surface area (Å²) in [5.74, 6) is 0.757. The number of rotatable bonds is 12. The molecular formula is C31H37N3O4S. The van der Waals surface area contributed by atoms with Crippen LogP contribution in [-0.2, 0) is 23.5 Å². The molecule has 0 bridgehead atoms. The van der Waals surface area contributed by atoms with Crippen LogP contribution in [0.5, 0.6) is 5.75 Å². The number of nitrogens with zero attached hydrogens (tertiary/aromatic N) is 3. The summed E-state index contributed by atoms with van der Waals surface area (Å²) < 4.78 is 36.8. The van der Waals surface area contributed by atoms with E-state index in [0.717, 1.165) is 58.2 Å². The summed E-state index contributed by atoms with van der Waals surface area (Å²) in [5, 5.41) is 0.950. The fraction of sp³-hybridized carbons (Fsp3) is 0.355. The number of aryl methyl sites for hydroxylation is 4. The molecule has 0 N–H and O–H groups in total. The number of sulfonamides is 1. The van der Waals surface area contributed by atoms with Gasteiger partial charge in [-0.15, -0.1) is 0 Å². The minimum absolute atomic E-state index is 0.0413. The van der Waals surface area contributed by atoms with E-state index in [-0.39, 0.29) is 5.56 Å². The molecular weight excluding hydrogens is 510 g/mol. The lowest BCUT2D eigenvalue weighted by molar-refractivity contribution is 0.301. The van der Waals surface area contributed by atoms with Gasteiger partial charge >= 0.3 is 0 Å². The third kappa shape index (κ3) is 6.94. The lowest BCUT2D eigenvalue weighted by Gasteiger charge is -2.24. The van der Waals surface area contributed by atoms with E-state index >= 15 is 0 Å². The Morgan fingerprint density at radius 2 is 1.69 bits per heavy atom. The van der Waals surface area contributed by atoms with E-state index in [4.69, 9.17) is 4.74 Å². The molecule has 0 spiro atoms. The molecule has 0 aliphatic rings. The maximum Gasteiger partial charge on any atom is 0.250 e. The molecule has 0 amide bonds. The average Bonchev–Trinajstić information content (AvgIpc) is 2.89. The summed E-state index contributed by atoms with van der Waals surface area (Å²) in [6.07, 6.45) is 6.50. The van der Waals surface area contributed by atoms with Gasteiger partial charge in [-0.25, -0.2) is 8.42 Å². The molecule has 206 valence electrons. The Balaban J connectivity index is 1.37. The van der Waals surface area contributed by atoms with Gasteiger partial charge in [-0.05, 0) is 93.5 Å². The standard InChI is InChI=1S/C31H37N3O4S/c1-23-19-24(2)31(25(3)20-23)39(36,37)34(17-14-26-9-8-15-32-22-26)16-6-5-7-18-38-28-11-12-29-27(21-28)10-13-30(35)33(29)4/h8-13,15,19-22H,5-7,14,16-18H2,1-4H3. The normalized spacial score (nSPS) is 11.8. The zero-order chi connectivity index (χ0) is 28.0. The van der Waals surface area contributed by atoms with Gasteiger partial charge in [0.1, 0.15) is 5.75 Å². The highest BCUT2D eigenvalue weighted by atomic mass is 32.2. The number of fused-ring (bicyclic) bond motifs is 1.